The van der Waals surface area contributed by atoms with E-state index in [1.54, 1.807) is 0 Å². The Morgan fingerprint density at radius 1 is 1.60 bits per heavy atom. The van der Waals surface area contributed by atoms with Crippen LogP contribution in [0.1, 0.15) is 13.3 Å². The highest BCUT2D eigenvalue weighted by Crippen LogP contribution is 2.31. The van der Waals surface area contributed by atoms with Crippen molar-refractivity contribution >= 4 is 6.29 Å². The van der Waals surface area contributed by atoms with Gasteiger partial charge in [0, 0.05) is 19.4 Å². The van der Waals surface area contributed by atoms with Crippen LogP contribution >= 0.6 is 0 Å². The van der Waals surface area contributed by atoms with Crippen LogP contribution in [0.25, 0.3) is 0 Å². The second kappa shape index (κ2) is 5.55. The number of carbonyl (C=O) groups is 1. The zero-order valence-electron chi connectivity index (χ0n) is 9.00. The minimum atomic E-state index is -0.964. The van der Waals surface area contributed by atoms with Crippen molar-refractivity contribution in [2.75, 3.05) is 13.7 Å². The van der Waals surface area contributed by atoms with Gasteiger partial charge in [-0.3, -0.25) is 0 Å². The second-order valence-corrected chi connectivity index (χ2v) is 3.85. The molecule has 1 saturated heterocycles. The predicted octanol–water partition coefficient (Wildman–Crippen LogP) is -0.653. The summed E-state index contributed by atoms with van der Waals surface area (Å²) in [5, 5.41) is 18.4. The molecule has 0 bridgehead atoms. The van der Waals surface area contributed by atoms with E-state index in [4.69, 9.17) is 14.6 Å². The third-order valence-corrected chi connectivity index (χ3v) is 2.93. The first-order chi connectivity index (χ1) is 7.15. The predicted molar refractivity (Wildman–Crippen MR) is 52.4 cm³/mol. The molecule has 5 nitrogen and oxygen atoms in total. The molecule has 0 aliphatic carbocycles. The smallest absolute Gasteiger partial charge is 0.122 e. The lowest BCUT2D eigenvalue weighted by molar-refractivity contribution is -0.113. The van der Waals surface area contributed by atoms with Gasteiger partial charge in [0.15, 0.2) is 0 Å². The van der Waals surface area contributed by atoms with E-state index in [9.17, 15) is 9.90 Å². The first-order valence-corrected chi connectivity index (χ1v) is 5.06. The number of aldehydes is 1. The summed E-state index contributed by atoms with van der Waals surface area (Å²) in [5.74, 6) is 0.0337. The molecule has 5 unspecified atom stereocenters. The second-order valence-electron chi connectivity index (χ2n) is 3.85. The van der Waals surface area contributed by atoms with E-state index < -0.39 is 12.2 Å². The van der Waals surface area contributed by atoms with Gasteiger partial charge in [-0.25, -0.2) is 0 Å². The molecule has 1 aliphatic heterocycles. The van der Waals surface area contributed by atoms with Crippen LogP contribution < -0.4 is 0 Å². The summed E-state index contributed by atoms with van der Waals surface area (Å²) in [4.78, 5) is 10.4. The van der Waals surface area contributed by atoms with E-state index in [-0.39, 0.29) is 31.2 Å². The lowest BCUT2D eigenvalue weighted by Crippen LogP contribution is -2.39. The Labute approximate surface area is 89.0 Å². The van der Waals surface area contributed by atoms with Gasteiger partial charge in [-0.2, -0.15) is 0 Å². The van der Waals surface area contributed by atoms with Gasteiger partial charge in [-0.05, 0) is 0 Å². The minimum Gasteiger partial charge on any atom is -0.394 e. The Kier molecular flexibility index (Phi) is 4.66. The minimum absolute atomic E-state index is 0.0337. The number of aliphatic hydroxyl groups excluding tert-OH is 2. The molecular weight excluding hydrogens is 200 g/mol. The molecule has 15 heavy (non-hydrogen) atoms. The molecule has 1 rings (SSSR count). The van der Waals surface area contributed by atoms with E-state index in [1.165, 1.54) is 7.11 Å². The zero-order valence-corrected chi connectivity index (χ0v) is 9.00. The normalized spacial score (nSPS) is 37.9. The van der Waals surface area contributed by atoms with Gasteiger partial charge in [0.2, 0.25) is 0 Å². The summed E-state index contributed by atoms with van der Waals surface area (Å²) in [6.07, 6.45) is -0.957. The van der Waals surface area contributed by atoms with E-state index in [2.05, 4.69) is 0 Å². The third-order valence-electron chi connectivity index (χ3n) is 2.93. The number of methoxy groups -OCH3 is 1. The molecule has 88 valence electrons. The van der Waals surface area contributed by atoms with Crippen LogP contribution in [0.15, 0.2) is 0 Å². The summed E-state index contributed by atoms with van der Waals surface area (Å²) < 4.78 is 10.7. The van der Waals surface area contributed by atoms with Crippen LogP contribution in [-0.4, -0.2) is 54.6 Å². The summed E-state index contributed by atoms with van der Waals surface area (Å²) in [7, 11) is 1.53. The highest BCUT2D eigenvalue weighted by atomic mass is 16.6. The van der Waals surface area contributed by atoms with Crippen LogP contribution in [0.2, 0.25) is 0 Å². The highest BCUT2D eigenvalue weighted by Gasteiger charge is 2.44. The molecular formula is C10H18O5. The Balaban J connectivity index is 2.69. The largest absolute Gasteiger partial charge is 0.394 e. The molecule has 0 saturated carbocycles. The number of hydrogen-bond acceptors (Lipinski definition) is 5. The van der Waals surface area contributed by atoms with Crippen molar-refractivity contribution in [1.29, 1.82) is 0 Å². The van der Waals surface area contributed by atoms with Gasteiger partial charge in [-0.1, -0.05) is 6.92 Å². The van der Waals surface area contributed by atoms with Crippen molar-refractivity contribution in [2.45, 2.75) is 37.8 Å². The summed E-state index contributed by atoms with van der Waals surface area (Å²) in [6, 6.07) is 0. The van der Waals surface area contributed by atoms with Gasteiger partial charge in [0.25, 0.3) is 0 Å². The SMILES string of the molecule is COC1C(C)C(CC=O)OC1C(O)CO. The first-order valence-electron chi connectivity index (χ1n) is 5.06. The van der Waals surface area contributed by atoms with Gasteiger partial charge in [0.05, 0.1) is 18.8 Å². The van der Waals surface area contributed by atoms with Crippen LogP contribution in [0.4, 0.5) is 0 Å². The third kappa shape index (κ3) is 2.55. The maximum absolute atomic E-state index is 10.4. The highest BCUT2D eigenvalue weighted by molar-refractivity contribution is 5.50. The molecule has 0 radical (unpaired) electrons. The quantitative estimate of drug-likeness (QED) is 0.599. The summed E-state index contributed by atoms with van der Waals surface area (Å²) in [6.45, 7) is 1.54. The zero-order chi connectivity index (χ0) is 11.4. The van der Waals surface area contributed by atoms with Gasteiger partial charge < -0.3 is 24.5 Å². The average molecular weight is 218 g/mol. The number of carbonyl (C=O) groups excluding carboxylic acids is 1. The maximum atomic E-state index is 10.4. The fraction of sp³-hybridized carbons (Fsp3) is 0.900. The number of rotatable bonds is 5. The fourth-order valence-corrected chi connectivity index (χ4v) is 2.04. The Morgan fingerprint density at radius 3 is 2.73 bits per heavy atom. The van der Waals surface area contributed by atoms with Crippen molar-refractivity contribution in [3.8, 4) is 0 Å². The van der Waals surface area contributed by atoms with Gasteiger partial charge in [0.1, 0.15) is 18.5 Å². The molecule has 5 atom stereocenters. The lowest BCUT2D eigenvalue weighted by atomic mass is 9.95. The van der Waals surface area contributed by atoms with Gasteiger partial charge in [-0.15, -0.1) is 0 Å². The van der Waals surface area contributed by atoms with Crippen molar-refractivity contribution in [3.05, 3.63) is 0 Å². The fourth-order valence-electron chi connectivity index (χ4n) is 2.04. The molecule has 0 amide bonds. The topological polar surface area (TPSA) is 76.0 Å². The van der Waals surface area contributed by atoms with Crippen LogP contribution in [0, 0.1) is 5.92 Å². The van der Waals surface area contributed by atoms with Crippen molar-refractivity contribution < 1.29 is 24.5 Å². The maximum Gasteiger partial charge on any atom is 0.122 e. The van der Waals surface area contributed by atoms with Gasteiger partial charge >= 0.3 is 0 Å². The monoisotopic (exact) mass is 218 g/mol. The lowest BCUT2D eigenvalue weighted by Gasteiger charge is -2.22. The molecule has 0 aromatic heterocycles. The molecule has 0 spiro atoms. The van der Waals surface area contributed by atoms with E-state index >= 15 is 0 Å². The first kappa shape index (κ1) is 12.6. The summed E-state index contributed by atoms with van der Waals surface area (Å²) >= 11 is 0. The Bertz CT molecular complexity index is 208. The molecule has 5 heteroatoms. The van der Waals surface area contributed by atoms with Crippen molar-refractivity contribution in [1.82, 2.24) is 0 Å². The van der Waals surface area contributed by atoms with Crippen molar-refractivity contribution in [2.24, 2.45) is 5.92 Å². The van der Waals surface area contributed by atoms with E-state index in [1.807, 2.05) is 6.92 Å². The molecule has 0 aromatic rings. The molecule has 1 aliphatic rings. The molecule has 2 N–H and O–H groups in total. The van der Waals surface area contributed by atoms with Crippen LogP contribution in [0.5, 0.6) is 0 Å². The van der Waals surface area contributed by atoms with E-state index in [0.717, 1.165) is 6.29 Å². The van der Waals surface area contributed by atoms with Crippen molar-refractivity contribution in [3.63, 3.8) is 0 Å². The number of aliphatic hydroxyl groups is 2. The Hall–Kier alpha value is -0.490. The van der Waals surface area contributed by atoms with Crippen LogP contribution in [-0.2, 0) is 14.3 Å². The number of hydrogen-bond donors (Lipinski definition) is 2. The number of ether oxygens (including phenoxy) is 2. The van der Waals surface area contributed by atoms with E-state index in [0.29, 0.717) is 0 Å². The molecule has 1 fully saturated rings. The Morgan fingerprint density at radius 2 is 2.27 bits per heavy atom. The molecule has 0 aromatic carbocycles. The molecule has 1 heterocycles. The van der Waals surface area contributed by atoms with Crippen LogP contribution in [0.3, 0.4) is 0 Å². The average Bonchev–Trinajstić information content (AvgIpc) is 2.55. The summed E-state index contributed by atoms with van der Waals surface area (Å²) in [5.41, 5.74) is 0. The standard InChI is InChI=1S/C10H18O5/c1-6-8(3-4-11)15-10(7(13)5-12)9(6)14-2/h4,6-10,12-13H,3,5H2,1-2H3.